The van der Waals surface area contributed by atoms with Gasteiger partial charge in [-0.1, -0.05) is 6.07 Å². The van der Waals surface area contributed by atoms with Gasteiger partial charge in [0.15, 0.2) is 0 Å². The van der Waals surface area contributed by atoms with Gasteiger partial charge in [0, 0.05) is 11.6 Å². The summed E-state index contributed by atoms with van der Waals surface area (Å²) in [7, 11) is 0. The summed E-state index contributed by atoms with van der Waals surface area (Å²) in [5, 5.41) is 5.39. The average Bonchev–Trinajstić information content (AvgIpc) is 3.35. The van der Waals surface area contributed by atoms with Crippen LogP contribution >= 0.6 is 0 Å². The van der Waals surface area contributed by atoms with Gasteiger partial charge in [0.2, 0.25) is 0 Å². The Morgan fingerprint density at radius 2 is 1.78 bits per heavy atom. The summed E-state index contributed by atoms with van der Waals surface area (Å²) in [6.07, 6.45) is 4.51. The lowest BCUT2D eigenvalue weighted by atomic mass is 10.1. The molecular formula is C21H20N2O4. The van der Waals surface area contributed by atoms with E-state index < -0.39 is 5.91 Å². The summed E-state index contributed by atoms with van der Waals surface area (Å²) < 4.78 is 10.5. The van der Waals surface area contributed by atoms with Gasteiger partial charge in [-0.25, -0.2) is 0 Å². The quantitative estimate of drug-likeness (QED) is 0.655. The molecule has 138 valence electrons. The van der Waals surface area contributed by atoms with Crippen LogP contribution < -0.4 is 10.6 Å². The zero-order valence-corrected chi connectivity index (χ0v) is 15.1. The molecule has 0 radical (unpaired) electrons. The first kappa shape index (κ1) is 18.3. The number of hydrogen-bond donors (Lipinski definition) is 2. The third-order valence-electron chi connectivity index (χ3n) is 4.09. The second-order valence-corrected chi connectivity index (χ2v) is 6.09. The first-order chi connectivity index (χ1) is 13.0. The maximum absolute atomic E-state index is 12.6. The smallest absolute Gasteiger partial charge is 0.268 e. The highest BCUT2D eigenvalue weighted by atomic mass is 16.3. The number of hydrogen-bond acceptors (Lipinski definition) is 4. The fraction of sp³-hybridized carbons (Fsp3) is 0.143. The topological polar surface area (TPSA) is 84.5 Å². The largest absolute Gasteiger partial charge is 0.467 e. The van der Waals surface area contributed by atoms with Gasteiger partial charge < -0.3 is 19.5 Å². The van der Waals surface area contributed by atoms with Crippen LogP contribution in [0.25, 0.3) is 6.08 Å². The summed E-state index contributed by atoms with van der Waals surface area (Å²) in [5.41, 5.74) is 2.65. The van der Waals surface area contributed by atoms with Crippen molar-refractivity contribution in [2.24, 2.45) is 0 Å². The van der Waals surface area contributed by atoms with E-state index in [1.807, 2.05) is 19.9 Å². The lowest BCUT2D eigenvalue weighted by Gasteiger charge is -2.11. The standard InChI is InChI=1S/C21H20N2O4/c1-14-7-8-16(11-15(14)2)20(24)23-19(12-17-5-3-9-26-17)21(25)22-13-18-6-4-10-27-18/h3-12H,13H2,1-2H3,(H,22,25)(H,23,24). The number of nitrogens with one attached hydrogen (secondary N) is 2. The van der Waals surface area contributed by atoms with Crippen molar-refractivity contribution in [1.82, 2.24) is 10.6 Å². The number of furan rings is 2. The Kier molecular flexibility index (Phi) is 5.56. The fourth-order valence-electron chi connectivity index (χ4n) is 2.43. The molecule has 2 N–H and O–H groups in total. The van der Waals surface area contributed by atoms with E-state index >= 15 is 0 Å². The van der Waals surface area contributed by atoms with Crippen LogP contribution in [-0.4, -0.2) is 11.8 Å². The number of benzene rings is 1. The Morgan fingerprint density at radius 3 is 2.44 bits per heavy atom. The van der Waals surface area contributed by atoms with Gasteiger partial charge in [0.1, 0.15) is 17.2 Å². The van der Waals surface area contributed by atoms with Crippen molar-refractivity contribution in [2.45, 2.75) is 20.4 Å². The van der Waals surface area contributed by atoms with Crippen LogP contribution in [-0.2, 0) is 11.3 Å². The van der Waals surface area contributed by atoms with E-state index in [-0.39, 0.29) is 18.1 Å². The molecule has 0 saturated heterocycles. The molecule has 6 nitrogen and oxygen atoms in total. The lowest BCUT2D eigenvalue weighted by molar-refractivity contribution is -0.118. The van der Waals surface area contributed by atoms with Crippen molar-refractivity contribution in [3.8, 4) is 0 Å². The molecule has 3 aromatic rings. The first-order valence-corrected chi connectivity index (χ1v) is 8.47. The SMILES string of the molecule is Cc1ccc(C(=O)NC(=Cc2ccco2)C(=O)NCc2ccco2)cc1C. The highest BCUT2D eigenvalue weighted by Crippen LogP contribution is 2.12. The van der Waals surface area contributed by atoms with E-state index in [4.69, 9.17) is 8.83 Å². The third-order valence-corrected chi connectivity index (χ3v) is 4.09. The Balaban J connectivity index is 1.78. The van der Waals surface area contributed by atoms with E-state index in [0.29, 0.717) is 17.1 Å². The van der Waals surface area contributed by atoms with Crippen LogP contribution in [0.4, 0.5) is 0 Å². The van der Waals surface area contributed by atoms with Crippen molar-refractivity contribution in [2.75, 3.05) is 0 Å². The van der Waals surface area contributed by atoms with Crippen LogP contribution in [0.3, 0.4) is 0 Å². The highest BCUT2D eigenvalue weighted by molar-refractivity contribution is 6.05. The Bertz CT molecular complexity index is 954. The molecule has 2 amide bonds. The molecule has 0 atom stereocenters. The van der Waals surface area contributed by atoms with Crippen molar-refractivity contribution in [3.63, 3.8) is 0 Å². The maximum Gasteiger partial charge on any atom is 0.268 e. The van der Waals surface area contributed by atoms with Crippen LogP contribution in [0, 0.1) is 13.8 Å². The van der Waals surface area contributed by atoms with Gasteiger partial charge in [-0.15, -0.1) is 0 Å². The van der Waals surface area contributed by atoms with E-state index in [2.05, 4.69) is 10.6 Å². The monoisotopic (exact) mass is 364 g/mol. The molecule has 2 aromatic heterocycles. The lowest BCUT2D eigenvalue weighted by Crippen LogP contribution is -2.34. The summed E-state index contributed by atoms with van der Waals surface area (Å²) in [5.74, 6) is 0.253. The maximum atomic E-state index is 12.6. The summed E-state index contributed by atoms with van der Waals surface area (Å²) in [4.78, 5) is 25.2. The fourth-order valence-corrected chi connectivity index (χ4v) is 2.43. The number of carbonyl (C=O) groups is 2. The highest BCUT2D eigenvalue weighted by Gasteiger charge is 2.16. The molecular weight excluding hydrogens is 344 g/mol. The second-order valence-electron chi connectivity index (χ2n) is 6.09. The number of carbonyl (C=O) groups excluding carboxylic acids is 2. The van der Waals surface area contributed by atoms with Crippen molar-refractivity contribution >= 4 is 17.9 Å². The normalized spacial score (nSPS) is 11.3. The Morgan fingerprint density at radius 1 is 1.00 bits per heavy atom. The van der Waals surface area contributed by atoms with Gasteiger partial charge in [-0.3, -0.25) is 9.59 Å². The van der Waals surface area contributed by atoms with E-state index in [1.165, 1.54) is 18.6 Å². The second kappa shape index (κ2) is 8.23. The van der Waals surface area contributed by atoms with Gasteiger partial charge in [-0.2, -0.15) is 0 Å². The number of rotatable bonds is 6. The number of amides is 2. The predicted octanol–water partition coefficient (Wildman–Crippen LogP) is 3.58. The number of aryl methyl sites for hydroxylation is 2. The molecule has 0 aliphatic heterocycles. The van der Waals surface area contributed by atoms with E-state index in [9.17, 15) is 9.59 Å². The van der Waals surface area contributed by atoms with Crippen molar-refractivity contribution in [1.29, 1.82) is 0 Å². The van der Waals surface area contributed by atoms with Gasteiger partial charge in [0.05, 0.1) is 19.1 Å². The average molecular weight is 364 g/mol. The molecule has 0 aliphatic rings. The molecule has 0 unspecified atom stereocenters. The van der Waals surface area contributed by atoms with Gasteiger partial charge >= 0.3 is 0 Å². The molecule has 0 saturated carbocycles. The van der Waals surface area contributed by atoms with Crippen molar-refractivity contribution < 1.29 is 18.4 Å². The van der Waals surface area contributed by atoms with Crippen LogP contribution in [0.15, 0.2) is 69.5 Å². The van der Waals surface area contributed by atoms with E-state index in [1.54, 1.807) is 36.4 Å². The molecule has 2 heterocycles. The molecule has 0 spiro atoms. The minimum atomic E-state index is -0.444. The third kappa shape index (κ3) is 4.76. The minimum Gasteiger partial charge on any atom is -0.467 e. The summed E-state index contributed by atoms with van der Waals surface area (Å²) in [6, 6.07) is 12.3. The van der Waals surface area contributed by atoms with E-state index in [0.717, 1.165) is 11.1 Å². The zero-order valence-electron chi connectivity index (χ0n) is 15.1. The predicted molar refractivity (Wildman–Crippen MR) is 101 cm³/mol. The molecule has 0 bridgehead atoms. The molecule has 27 heavy (non-hydrogen) atoms. The van der Waals surface area contributed by atoms with Crippen LogP contribution in [0.1, 0.15) is 33.0 Å². The zero-order chi connectivity index (χ0) is 19.2. The molecule has 0 aliphatic carbocycles. The Labute approximate surface area is 156 Å². The van der Waals surface area contributed by atoms with Crippen LogP contribution in [0.2, 0.25) is 0 Å². The molecule has 0 fully saturated rings. The van der Waals surface area contributed by atoms with Gasteiger partial charge in [-0.05, 0) is 61.4 Å². The Hall–Kier alpha value is -3.54. The summed E-state index contributed by atoms with van der Waals surface area (Å²) >= 11 is 0. The molecule has 3 rings (SSSR count). The molecule has 1 aromatic carbocycles. The minimum absolute atomic E-state index is 0.0831. The summed E-state index contributed by atoms with van der Waals surface area (Å²) in [6.45, 7) is 4.12. The van der Waals surface area contributed by atoms with Crippen molar-refractivity contribution in [3.05, 3.63) is 88.9 Å². The van der Waals surface area contributed by atoms with Crippen LogP contribution in [0.5, 0.6) is 0 Å². The van der Waals surface area contributed by atoms with Gasteiger partial charge in [0.25, 0.3) is 11.8 Å². The first-order valence-electron chi connectivity index (χ1n) is 8.47. The molecule has 6 heteroatoms.